The Morgan fingerprint density at radius 2 is 2.00 bits per heavy atom. The highest BCUT2D eigenvalue weighted by molar-refractivity contribution is 5.94. The molecule has 0 aromatic carbocycles. The van der Waals surface area contributed by atoms with Crippen molar-refractivity contribution < 1.29 is 9.18 Å². The molecule has 1 aliphatic carbocycles. The van der Waals surface area contributed by atoms with E-state index in [-0.39, 0.29) is 41.8 Å². The molecule has 0 atom stereocenters. The number of pyridine rings is 1. The largest absolute Gasteiger partial charge is 0.345 e. The van der Waals surface area contributed by atoms with E-state index in [0.29, 0.717) is 6.54 Å². The number of amides is 1. The molecule has 0 aliphatic heterocycles. The summed E-state index contributed by atoms with van der Waals surface area (Å²) in [7, 11) is 0. The minimum atomic E-state index is -0.508. The van der Waals surface area contributed by atoms with Crippen molar-refractivity contribution in [3.8, 4) is 0 Å². The topological polar surface area (TPSA) is 68.0 Å². The maximum Gasteiger partial charge on any atom is 0.253 e. The Morgan fingerprint density at radius 1 is 1.37 bits per heavy atom. The van der Waals surface area contributed by atoms with Crippen LogP contribution in [-0.4, -0.2) is 23.0 Å². The summed E-state index contributed by atoms with van der Waals surface area (Å²) in [6, 6.07) is 1.18. The van der Waals surface area contributed by atoms with Crippen molar-refractivity contribution in [1.29, 1.82) is 0 Å². The monoisotopic (exact) mass is 309 g/mol. The molecule has 1 aromatic rings. The minimum Gasteiger partial charge on any atom is -0.345 e. The lowest BCUT2D eigenvalue weighted by molar-refractivity contribution is 0.0902. The molecule has 0 radical (unpaired) electrons. The second-order valence-corrected chi connectivity index (χ2v) is 4.54. The van der Waals surface area contributed by atoms with Gasteiger partial charge in [0.1, 0.15) is 5.82 Å². The van der Waals surface area contributed by atoms with Gasteiger partial charge < -0.3 is 11.1 Å². The molecule has 7 heteroatoms. The highest BCUT2D eigenvalue weighted by Gasteiger charge is 2.34. The van der Waals surface area contributed by atoms with Crippen LogP contribution in [0.3, 0.4) is 0 Å². The molecule has 0 bridgehead atoms. The van der Waals surface area contributed by atoms with Gasteiger partial charge in [0.2, 0.25) is 0 Å². The van der Waals surface area contributed by atoms with Crippen molar-refractivity contribution in [1.82, 2.24) is 10.3 Å². The van der Waals surface area contributed by atoms with E-state index in [1.54, 1.807) is 0 Å². The average Bonchev–Trinajstić information content (AvgIpc) is 2.78. The maximum absolute atomic E-state index is 13.0. The van der Waals surface area contributed by atoms with Crippen molar-refractivity contribution in [3.05, 3.63) is 29.8 Å². The number of nitrogens with zero attached hydrogens (tertiary/aromatic N) is 1. The zero-order valence-corrected chi connectivity index (χ0v) is 12.0. The van der Waals surface area contributed by atoms with Crippen molar-refractivity contribution in [3.63, 3.8) is 0 Å². The Labute approximate surface area is 124 Å². The van der Waals surface area contributed by atoms with E-state index in [1.165, 1.54) is 12.3 Å². The molecule has 1 saturated carbocycles. The summed E-state index contributed by atoms with van der Waals surface area (Å²) in [5.41, 5.74) is 5.65. The van der Waals surface area contributed by atoms with Gasteiger partial charge in [-0.3, -0.25) is 9.78 Å². The first kappa shape index (κ1) is 18.1. The van der Waals surface area contributed by atoms with Crippen LogP contribution in [0, 0.1) is 5.82 Å². The molecule has 0 spiro atoms. The molecular weight excluding hydrogens is 292 g/mol. The quantitative estimate of drug-likeness (QED) is 0.898. The number of hydrogen-bond donors (Lipinski definition) is 2. The standard InChI is InChI=1S/C12H16FN3O.2ClH/c13-10-5-9(6-15-7-10)11(17)16-12(8-14)3-1-2-4-12;;/h5-7H,1-4,8,14H2,(H,16,17);2*1H. The Hall–Kier alpha value is -0.910. The molecule has 4 nitrogen and oxygen atoms in total. The number of halogens is 3. The number of carbonyl (C=O) groups excluding carboxylic acids is 1. The van der Waals surface area contributed by atoms with E-state index in [9.17, 15) is 9.18 Å². The summed E-state index contributed by atoms with van der Waals surface area (Å²) in [6.07, 6.45) is 6.34. The van der Waals surface area contributed by atoms with Gasteiger partial charge in [-0.25, -0.2) is 4.39 Å². The van der Waals surface area contributed by atoms with Gasteiger partial charge in [-0.05, 0) is 18.9 Å². The first-order valence-electron chi connectivity index (χ1n) is 5.78. The molecule has 0 saturated heterocycles. The van der Waals surface area contributed by atoms with E-state index in [2.05, 4.69) is 10.3 Å². The number of rotatable bonds is 3. The molecule has 1 aliphatic rings. The van der Waals surface area contributed by atoms with Crippen LogP contribution in [0.5, 0.6) is 0 Å². The Kier molecular flexibility index (Phi) is 7.26. The first-order chi connectivity index (χ1) is 8.15. The second kappa shape index (κ2) is 7.62. The van der Waals surface area contributed by atoms with E-state index in [4.69, 9.17) is 5.73 Å². The van der Waals surface area contributed by atoms with Crippen LogP contribution in [0.15, 0.2) is 18.5 Å². The van der Waals surface area contributed by atoms with Gasteiger partial charge >= 0.3 is 0 Å². The molecule has 0 unspecified atom stereocenters. The van der Waals surface area contributed by atoms with Crippen LogP contribution in [-0.2, 0) is 0 Å². The Bertz CT molecular complexity index is 425. The predicted molar refractivity (Wildman–Crippen MR) is 76.4 cm³/mol. The normalized spacial score (nSPS) is 16.1. The van der Waals surface area contributed by atoms with Crippen LogP contribution < -0.4 is 11.1 Å². The molecule has 1 amide bonds. The molecule has 19 heavy (non-hydrogen) atoms. The molecule has 108 valence electrons. The number of nitrogens with two attached hydrogens (primary N) is 1. The number of aromatic nitrogens is 1. The second-order valence-electron chi connectivity index (χ2n) is 4.54. The SMILES string of the molecule is Cl.Cl.NCC1(NC(=O)c2cncc(F)c2)CCCC1. The molecule has 3 N–H and O–H groups in total. The molecule has 1 heterocycles. The fourth-order valence-electron chi connectivity index (χ4n) is 2.28. The van der Waals surface area contributed by atoms with Crippen molar-refractivity contribution in [2.45, 2.75) is 31.2 Å². The molecular formula is C12H18Cl2FN3O. The third-order valence-corrected chi connectivity index (χ3v) is 3.30. The predicted octanol–water partition coefficient (Wildman–Crippen LogP) is 2.07. The highest BCUT2D eigenvalue weighted by Crippen LogP contribution is 2.28. The lowest BCUT2D eigenvalue weighted by Gasteiger charge is -2.28. The van der Waals surface area contributed by atoms with Gasteiger partial charge in [0.25, 0.3) is 5.91 Å². The van der Waals surface area contributed by atoms with E-state index >= 15 is 0 Å². The van der Waals surface area contributed by atoms with Crippen LogP contribution >= 0.6 is 24.8 Å². The summed E-state index contributed by atoms with van der Waals surface area (Å²) >= 11 is 0. The van der Waals surface area contributed by atoms with Gasteiger partial charge in [0, 0.05) is 12.7 Å². The third-order valence-electron chi connectivity index (χ3n) is 3.30. The van der Waals surface area contributed by atoms with Crippen molar-refractivity contribution in [2.24, 2.45) is 5.73 Å². The summed E-state index contributed by atoms with van der Waals surface area (Å²) in [5, 5.41) is 2.91. The lowest BCUT2D eigenvalue weighted by Crippen LogP contribution is -2.51. The summed E-state index contributed by atoms with van der Waals surface area (Å²) < 4.78 is 13.0. The van der Waals surface area contributed by atoms with Crippen LogP contribution in [0.2, 0.25) is 0 Å². The third kappa shape index (κ3) is 4.30. The van der Waals surface area contributed by atoms with E-state index in [0.717, 1.165) is 31.9 Å². The van der Waals surface area contributed by atoms with Gasteiger partial charge in [-0.15, -0.1) is 24.8 Å². The summed E-state index contributed by atoms with van der Waals surface area (Å²) in [4.78, 5) is 15.6. The molecule has 2 rings (SSSR count). The minimum absolute atomic E-state index is 0. The smallest absolute Gasteiger partial charge is 0.253 e. The highest BCUT2D eigenvalue weighted by atomic mass is 35.5. The van der Waals surface area contributed by atoms with Gasteiger partial charge in [0.05, 0.1) is 17.3 Å². The number of nitrogens with one attached hydrogen (secondary N) is 1. The summed E-state index contributed by atoms with van der Waals surface area (Å²) in [5.74, 6) is -0.810. The first-order valence-corrected chi connectivity index (χ1v) is 5.78. The average molecular weight is 310 g/mol. The molecule has 1 aromatic heterocycles. The number of hydrogen-bond acceptors (Lipinski definition) is 3. The van der Waals surface area contributed by atoms with E-state index in [1.807, 2.05) is 0 Å². The Balaban J connectivity index is 0.00000162. The van der Waals surface area contributed by atoms with Crippen molar-refractivity contribution in [2.75, 3.05) is 6.54 Å². The van der Waals surface area contributed by atoms with Crippen LogP contribution in [0.25, 0.3) is 0 Å². The van der Waals surface area contributed by atoms with Crippen LogP contribution in [0.4, 0.5) is 4.39 Å². The fraction of sp³-hybridized carbons (Fsp3) is 0.500. The van der Waals surface area contributed by atoms with Gasteiger partial charge in [0.15, 0.2) is 0 Å². The number of carbonyl (C=O) groups is 1. The van der Waals surface area contributed by atoms with E-state index < -0.39 is 5.82 Å². The zero-order chi connectivity index (χ0) is 12.3. The van der Waals surface area contributed by atoms with Crippen LogP contribution in [0.1, 0.15) is 36.0 Å². The fourth-order valence-corrected chi connectivity index (χ4v) is 2.28. The molecule has 1 fully saturated rings. The van der Waals surface area contributed by atoms with Gasteiger partial charge in [-0.2, -0.15) is 0 Å². The maximum atomic E-state index is 13.0. The zero-order valence-electron chi connectivity index (χ0n) is 10.4. The van der Waals surface area contributed by atoms with Gasteiger partial charge in [-0.1, -0.05) is 12.8 Å². The Morgan fingerprint density at radius 3 is 2.53 bits per heavy atom. The lowest BCUT2D eigenvalue weighted by atomic mass is 9.97. The summed E-state index contributed by atoms with van der Waals surface area (Å²) in [6.45, 7) is 0.418. The van der Waals surface area contributed by atoms with Crippen molar-refractivity contribution >= 4 is 30.7 Å².